The number of nitrogens with one attached hydrogen (secondary N) is 1. The monoisotopic (exact) mass is 787 g/mol. The summed E-state index contributed by atoms with van der Waals surface area (Å²) in [7, 11) is 0. The van der Waals surface area contributed by atoms with E-state index in [-0.39, 0.29) is 18.8 Å². The Kier molecular flexibility index (Phi) is 10.6. The normalized spacial score (nSPS) is 23.9. The summed E-state index contributed by atoms with van der Waals surface area (Å²) in [6.07, 6.45) is -4.59. The number of carbonyl (C=O) groups excluding carboxylic acids is 3. The van der Waals surface area contributed by atoms with E-state index in [0.29, 0.717) is 22.6 Å². The molecule has 1 fully saturated rings. The first kappa shape index (κ1) is 38.5. The smallest absolute Gasteiger partial charge is 0.351 e. The highest BCUT2D eigenvalue weighted by atomic mass is 16.6. The molecule has 0 amide bonds. The van der Waals surface area contributed by atoms with Gasteiger partial charge in [-0.15, -0.1) is 0 Å². The molecule has 0 saturated carbocycles. The molecule has 0 spiro atoms. The fraction of sp³-hybridized carbons (Fsp3) is 0.295. The number of aliphatic hydroxyl groups is 1. The van der Waals surface area contributed by atoms with Gasteiger partial charge in [-0.2, -0.15) is 4.98 Å². The zero-order chi connectivity index (χ0) is 40.6. The summed E-state index contributed by atoms with van der Waals surface area (Å²) in [4.78, 5) is 54.8. The van der Waals surface area contributed by atoms with Crippen LogP contribution in [0.4, 0.5) is 5.82 Å². The molecule has 14 heteroatoms. The lowest BCUT2D eigenvalue weighted by Crippen LogP contribution is -2.49. The second kappa shape index (κ2) is 15.9. The number of fused-ring (bicyclic) bond motifs is 3. The van der Waals surface area contributed by atoms with E-state index in [9.17, 15) is 24.3 Å². The van der Waals surface area contributed by atoms with Crippen molar-refractivity contribution in [2.24, 2.45) is 0 Å². The number of rotatable bonds is 10. The van der Waals surface area contributed by atoms with E-state index < -0.39 is 72.0 Å². The molecule has 3 heterocycles. The van der Waals surface area contributed by atoms with Crippen molar-refractivity contribution >= 4 is 23.7 Å². The highest BCUT2D eigenvalue weighted by molar-refractivity contribution is 5.69. The number of esters is 3. The van der Waals surface area contributed by atoms with E-state index in [4.69, 9.17) is 28.4 Å². The minimum Gasteiger partial charge on any atom is -0.457 e. The molecule has 298 valence electrons. The summed E-state index contributed by atoms with van der Waals surface area (Å²) in [6, 6.07) is 32.8. The van der Waals surface area contributed by atoms with Crippen LogP contribution in [0.3, 0.4) is 0 Å². The van der Waals surface area contributed by atoms with E-state index >= 15 is 0 Å². The van der Waals surface area contributed by atoms with Gasteiger partial charge < -0.3 is 38.8 Å². The van der Waals surface area contributed by atoms with E-state index in [1.807, 2.05) is 78.9 Å². The standard InChI is InChI=1S/C44H41N3O11/c1-25(48)54-40-30-16-8-7-15-29(30)39(41(55-26(2)49)42(40)56-27(3)50)45-37-21-22-47(43(52)46-37)38-23-33(51)36(58-38)24-53-44(28-13-5-4-6-14-28)31-17-9-11-19-34(31)57-35-20-12-10-18-32(35)44/h4-22,33,36,38-42,51H,23-24H2,1-3H3,(H,45,46,52)/t33-,36+,38+,39+,40-,41-,42+/m0/s1. The SMILES string of the molecule is CC(=O)O[C@@H]1[C@H](OC(C)=O)[C@@H](OC(C)=O)c2ccccc2[C@H]1Nc1ccn([C@H]2C[C@H](O)[C@@H](COC3(c4ccccc4)c4ccccc4Oc4ccccc43)O2)c(=O)n1. The van der Waals surface area contributed by atoms with Gasteiger partial charge >= 0.3 is 23.6 Å². The summed E-state index contributed by atoms with van der Waals surface area (Å²) < 4.78 is 37.8. The minimum atomic E-state index is -1.23. The lowest BCUT2D eigenvalue weighted by Gasteiger charge is -2.42. The Hall–Kier alpha value is -6.35. The lowest BCUT2D eigenvalue weighted by atomic mass is 9.77. The molecule has 8 rings (SSSR count). The first-order valence-corrected chi connectivity index (χ1v) is 18.9. The van der Waals surface area contributed by atoms with Crippen LogP contribution in [0.5, 0.6) is 11.5 Å². The highest BCUT2D eigenvalue weighted by Crippen LogP contribution is 2.52. The molecule has 58 heavy (non-hydrogen) atoms. The van der Waals surface area contributed by atoms with Gasteiger partial charge in [0.15, 0.2) is 23.9 Å². The largest absolute Gasteiger partial charge is 0.457 e. The van der Waals surface area contributed by atoms with Crippen molar-refractivity contribution in [2.75, 3.05) is 11.9 Å². The van der Waals surface area contributed by atoms with Crippen LogP contribution >= 0.6 is 0 Å². The Balaban J connectivity index is 1.06. The number of nitrogens with zero attached hydrogens (tertiary/aromatic N) is 2. The molecule has 1 saturated heterocycles. The maximum atomic E-state index is 13.7. The van der Waals surface area contributed by atoms with Gasteiger partial charge in [-0.3, -0.25) is 19.0 Å². The van der Waals surface area contributed by atoms with Crippen molar-refractivity contribution in [1.82, 2.24) is 9.55 Å². The average Bonchev–Trinajstić information content (AvgIpc) is 3.58. The van der Waals surface area contributed by atoms with Crippen LogP contribution in [0.25, 0.3) is 0 Å². The van der Waals surface area contributed by atoms with Crippen LogP contribution in [0.15, 0.2) is 120 Å². The Bertz CT molecular complexity index is 2360. The Morgan fingerprint density at radius 2 is 1.36 bits per heavy atom. The van der Waals surface area contributed by atoms with Gasteiger partial charge in [0, 0.05) is 50.1 Å². The summed E-state index contributed by atoms with van der Waals surface area (Å²) in [5, 5.41) is 14.5. The van der Waals surface area contributed by atoms with Crippen molar-refractivity contribution in [3.05, 3.63) is 154 Å². The van der Waals surface area contributed by atoms with Crippen LogP contribution in [-0.4, -0.2) is 63.6 Å². The van der Waals surface area contributed by atoms with Gasteiger partial charge in [0.2, 0.25) is 0 Å². The first-order chi connectivity index (χ1) is 28.0. The predicted molar refractivity (Wildman–Crippen MR) is 207 cm³/mol. The molecule has 7 atom stereocenters. The van der Waals surface area contributed by atoms with Gasteiger partial charge in [0.05, 0.1) is 18.8 Å². The molecule has 2 aliphatic heterocycles. The van der Waals surface area contributed by atoms with Gasteiger partial charge in [-0.05, 0) is 29.3 Å². The van der Waals surface area contributed by atoms with Crippen molar-refractivity contribution in [3.8, 4) is 11.5 Å². The zero-order valence-electron chi connectivity index (χ0n) is 31.8. The molecule has 0 bridgehead atoms. The maximum Gasteiger partial charge on any atom is 0.351 e. The maximum absolute atomic E-state index is 13.7. The molecule has 0 unspecified atom stereocenters. The Morgan fingerprint density at radius 1 is 0.776 bits per heavy atom. The molecule has 5 aromatic rings. The van der Waals surface area contributed by atoms with E-state index in [1.54, 1.807) is 30.3 Å². The fourth-order valence-corrected chi connectivity index (χ4v) is 8.18. The van der Waals surface area contributed by atoms with Crippen LogP contribution in [-0.2, 0) is 43.7 Å². The predicted octanol–water partition coefficient (Wildman–Crippen LogP) is 5.64. The summed E-state index contributed by atoms with van der Waals surface area (Å²) in [5.74, 6) is -0.579. The molecular weight excluding hydrogens is 746 g/mol. The number of carbonyl (C=O) groups is 3. The number of benzene rings is 4. The topological polar surface area (TPSA) is 174 Å². The number of aliphatic hydroxyl groups excluding tert-OH is 1. The second-order valence-electron chi connectivity index (χ2n) is 14.3. The number of anilines is 1. The molecule has 2 N–H and O–H groups in total. The van der Waals surface area contributed by atoms with Crippen molar-refractivity contribution in [1.29, 1.82) is 0 Å². The summed E-state index contributed by atoms with van der Waals surface area (Å²) in [6.45, 7) is 3.60. The van der Waals surface area contributed by atoms with Gasteiger partial charge in [-0.1, -0.05) is 91.0 Å². The van der Waals surface area contributed by atoms with Gasteiger partial charge in [0.25, 0.3) is 0 Å². The second-order valence-corrected chi connectivity index (χ2v) is 14.3. The number of para-hydroxylation sites is 2. The zero-order valence-corrected chi connectivity index (χ0v) is 31.8. The van der Waals surface area contributed by atoms with Crippen LogP contribution in [0.2, 0.25) is 0 Å². The van der Waals surface area contributed by atoms with Gasteiger partial charge in [-0.25, -0.2) is 4.79 Å². The summed E-state index contributed by atoms with van der Waals surface area (Å²) >= 11 is 0. The number of hydrogen-bond donors (Lipinski definition) is 2. The third-order valence-electron chi connectivity index (χ3n) is 10.5. The summed E-state index contributed by atoms with van der Waals surface area (Å²) in [5.41, 5.74) is 1.76. The van der Waals surface area contributed by atoms with E-state index in [1.165, 1.54) is 31.5 Å². The molecule has 1 aromatic heterocycles. The third kappa shape index (κ3) is 7.21. The quantitative estimate of drug-likeness (QED) is 0.132. The average molecular weight is 788 g/mol. The van der Waals surface area contributed by atoms with Crippen LogP contribution in [0, 0.1) is 0 Å². The number of hydrogen-bond acceptors (Lipinski definition) is 13. The molecule has 14 nitrogen and oxygen atoms in total. The van der Waals surface area contributed by atoms with Crippen molar-refractivity contribution < 1.29 is 47.9 Å². The highest BCUT2D eigenvalue weighted by Gasteiger charge is 2.50. The number of aromatic nitrogens is 2. The van der Waals surface area contributed by atoms with Crippen LogP contribution < -0.4 is 15.7 Å². The fourth-order valence-electron chi connectivity index (χ4n) is 8.18. The van der Waals surface area contributed by atoms with Crippen molar-refractivity contribution in [3.63, 3.8) is 0 Å². The first-order valence-electron chi connectivity index (χ1n) is 18.9. The molecule has 4 aromatic carbocycles. The Labute approximate surface area is 333 Å². The molecular formula is C44H41N3O11. The molecule has 0 radical (unpaired) electrons. The van der Waals surface area contributed by atoms with E-state index in [2.05, 4.69) is 10.3 Å². The van der Waals surface area contributed by atoms with Gasteiger partial charge in [0.1, 0.15) is 29.6 Å². The third-order valence-corrected chi connectivity index (χ3v) is 10.5. The number of ether oxygens (including phenoxy) is 6. The van der Waals surface area contributed by atoms with Crippen molar-refractivity contribution in [2.45, 2.75) is 75.6 Å². The molecule has 1 aliphatic carbocycles. The minimum absolute atomic E-state index is 0.0342. The molecule has 3 aliphatic rings. The Morgan fingerprint density at radius 3 is 2.00 bits per heavy atom. The van der Waals surface area contributed by atoms with E-state index in [0.717, 1.165) is 16.7 Å². The lowest BCUT2D eigenvalue weighted by molar-refractivity contribution is -0.187. The van der Waals surface area contributed by atoms with Crippen LogP contribution in [0.1, 0.15) is 73.4 Å².